The van der Waals surface area contributed by atoms with Crippen molar-refractivity contribution in [2.75, 3.05) is 6.61 Å². The molecule has 0 bridgehead atoms. The highest BCUT2D eigenvalue weighted by Gasteiger charge is 2.24. The molecule has 0 aliphatic heterocycles. The topological polar surface area (TPSA) is 111 Å². The molecule has 30 heavy (non-hydrogen) atoms. The van der Waals surface area contributed by atoms with Crippen LogP contribution in [-0.2, 0) is 11.3 Å². The summed E-state index contributed by atoms with van der Waals surface area (Å²) in [6, 6.07) is 13.8. The Bertz CT molecular complexity index is 1160. The van der Waals surface area contributed by atoms with E-state index in [1.54, 1.807) is 54.1 Å². The van der Waals surface area contributed by atoms with Crippen LogP contribution in [0.2, 0.25) is 5.02 Å². The van der Waals surface area contributed by atoms with Crippen LogP contribution in [0.15, 0.2) is 42.5 Å². The molecule has 3 aromatic rings. The first-order valence-corrected chi connectivity index (χ1v) is 9.56. The van der Waals surface area contributed by atoms with Crippen LogP contribution in [0.1, 0.15) is 44.6 Å². The van der Waals surface area contributed by atoms with Crippen LogP contribution in [0.25, 0.3) is 11.1 Å². The summed E-state index contributed by atoms with van der Waals surface area (Å²) in [6.07, 6.45) is 0. The molecule has 1 aromatic heterocycles. The van der Waals surface area contributed by atoms with Gasteiger partial charge >= 0.3 is 5.97 Å². The van der Waals surface area contributed by atoms with Crippen LogP contribution < -0.4 is 5.73 Å². The summed E-state index contributed by atoms with van der Waals surface area (Å²) in [5.41, 5.74) is 9.08. The molecule has 0 unspecified atom stereocenters. The average molecular weight is 423 g/mol. The molecule has 1 amide bonds. The number of benzene rings is 2. The molecule has 0 atom stereocenters. The normalized spacial score (nSPS) is 10.5. The quantitative estimate of drug-likeness (QED) is 0.608. The molecule has 0 aliphatic carbocycles. The maximum absolute atomic E-state index is 12.5. The second-order valence-electron chi connectivity index (χ2n) is 6.55. The van der Waals surface area contributed by atoms with Gasteiger partial charge in [0.2, 0.25) is 5.91 Å². The number of hydrogen-bond donors (Lipinski definition) is 1. The number of esters is 1. The fourth-order valence-corrected chi connectivity index (χ4v) is 3.32. The molecule has 2 aromatic carbocycles. The molecule has 152 valence electrons. The predicted molar refractivity (Wildman–Crippen MR) is 112 cm³/mol. The van der Waals surface area contributed by atoms with Gasteiger partial charge in [-0.3, -0.25) is 9.48 Å². The van der Waals surface area contributed by atoms with E-state index in [1.165, 1.54) is 0 Å². The maximum Gasteiger partial charge on any atom is 0.359 e. The van der Waals surface area contributed by atoms with E-state index in [9.17, 15) is 9.59 Å². The molecule has 1 heterocycles. The lowest BCUT2D eigenvalue weighted by Crippen LogP contribution is -2.11. The summed E-state index contributed by atoms with van der Waals surface area (Å²) in [5.74, 6) is -1.04. The van der Waals surface area contributed by atoms with Crippen molar-refractivity contribution in [2.45, 2.75) is 20.4 Å². The van der Waals surface area contributed by atoms with Crippen molar-refractivity contribution in [1.82, 2.24) is 9.78 Å². The van der Waals surface area contributed by atoms with Gasteiger partial charge in [0.15, 0.2) is 5.69 Å². The molecule has 0 fully saturated rings. The number of nitrogens with two attached hydrogens (primary N) is 1. The van der Waals surface area contributed by atoms with E-state index in [-0.39, 0.29) is 12.3 Å². The zero-order chi connectivity index (χ0) is 21.8. The van der Waals surface area contributed by atoms with Crippen molar-refractivity contribution >= 4 is 23.5 Å². The van der Waals surface area contributed by atoms with Gasteiger partial charge in [-0.1, -0.05) is 29.8 Å². The molecule has 7 nitrogen and oxygen atoms in total. The molecule has 0 radical (unpaired) electrons. The Labute approximate surface area is 178 Å². The van der Waals surface area contributed by atoms with Crippen molar-refractivity contribution < 1.29 is 14.3 Å². The fraction of sp³-hybridized carbons (Fsp3) is 0.182. The van der Waals surface area contributed by atoms with Gasteiger partial charge in [0.05, 0.1) is 23.7 Å². The molecule has 0 aliphatic rings. The molecule has 3 rings (SSSR count). The van der Waals surface area contributed by atoms with E-state index in [0.29, 0.717) is 33.8 Å². The van der Waals surface area contributed by atoms with Gasteiger partial charge in [-0.15, -0.1) is 0 Å². The minimum absolute atomic E-state index is 0.170. The van der Waals surface area contributed by atoms with Crippen molar-refractivity contribution in [3.8, 4) is 17.2 Å². The van der Waals surface area contributed by atoms with Crippen LogP contribution in [0, 0.1) is 18.3 Å². The Morgan fingerprint density at radius 3 is 2.50 bits per heavy atom. The molecule has 0 saturated carbocycles. The Morgan fingerprint density at radius 1 is 1.23 bits per heavy atom. The Balaban J connectivity index is 2.06. The summed E-state index contributed by atoms with van der Waals surface area (Å²) in [5, 5.41) is 13.9. The number of hydrogen-bond acceptors (Lipinski definition) is 5. The number of aromatic nitrogens is 2. The first-order valence-electron chi connectivity index (χ1n) is 9.19. The second kappa shape index (κ2) is 8.80. The number of nitrogens with zero attached hydrogens (tertiary/aromatic N) is 3. The Kier molecular flexibility index (Phi) is 6.19. The molecule has 0 saturated heterocycles. The summed E-state index contributed by atoms with van der Waals surface area (Å²) in [7, 11) is 0. The van der Waals surface area contributed by atoms with Crippen LogP contribution in [0.3, 0.4) is 0 Å². The first-order chi connectivity index (χ1) is 14.3. The maximum atomic E-state index is 12.5. The molecular formula is C22H19ClN4O3. The van der Waals surface area contributed by atoms with Crippen molar-refractivity contribution in [2.24, 2.45) is 5.73 Å². The Morgan fingerprint density at radius 2 is 1.93 bits per heavy atom. The number of ether oxygens (including phenoxy) is 1. The number of carbonyl (C=O) groups excluding carboxylic acids is 2. The van der Waals surface area contributed by atoms with Crippen LogP contribution in [-0.4, -0.2) is 28.3 Å². The third kappa shape index (κ3) is 4.19. The van der Waals surface area contributed by atoms with Gasteiger partial charge in [0.25, 0.3) is 0 Å². The van der Waals surface area contributed by atoms with E-state index in [4.69, 9.17) is 27.3 Å². The van der Waals surface area contributed by atoms with Crippen molar-refractivity contribution in [3.05, 3.63) is 75.6 Å². The highest BCUT2D eigenvalue weighted by atomic mass is 35.5. The summed E-state index contributed by atoms with van der Waals surface area (Å²) >= 11 is 6.20. The number of carbonyl (C=O) groups is 2. The first kappa shape index (κ1) is 21.1. The zero-order valence-corrected chi connectivity index (χ0v) is 17.2. The molecule has 8 heteroatoms. The van der Waals surface area contributed by atoms with Crippen LogP contribution in [0.4, 0.5) is 0 Å². The lowest BCUT2D eigenvalue weighted by molar-refractivity contribution is 0.0519. The standard InChI is InChI=1S/C22H19ClN4O3/c1-3-30-22(29)20-19(16-8-9-17(11-24)18(23)10-16)13(2)27(26-20)12-14-4-6-15(7-5-14)21(25)28/h4-10H,3,12H2,1-2H3,(H2,25,28). The molecular weight excluding hydrogens is 404 g/mol. The number of nitriles is 1. The fourth-order valence-electron chi connectivity index (χ4n) is 3.10. The minimum atomic E-state index is -0.543. The van der Waals surface area contributed by atoms with Crippen molar-refractivity contribution in [1.29, 1.82) is 5.26 Å². The van der Waals surface area contributed by atoms with E-state index < -0.39 is 11.9 Å². The van der Waals surface area contributed by atoms with Gasteiger partial charge in [-0.2, -0.15) is 10.4 Å². The number of rotatable bonds is 6. The summed E-state index contributed by atoms with van der Waals surface area (Å²) in [4.78, 5) is 23.8. The monoisotopic (exact) mass is 422 g/mol. The zero-order valence-electron chi connectivity index (χ0n) is 16.5. The number of halogens is 1. The van der Waals surface area contributed by atoms with Gasteiger partial charge in [0.1, 0.15) is 6.07 Å². The lowest BCUT2D eigenvalue weighted by atomic mass is 10.0. The van der Waals surface area contributed by atoms with E-state index in [1.807, 2.05) is 13.0 Å². The number of amides is 1. The highest BCUT2D eigenvalue weighted by Crippen LogP contribution is 2.31. The predicted octanol–water partition coefficient (Wildman–Crippen LogP) is 3.71. The average Bonchev–Trinajstić information content (AvgIpc) is 3.04. The smallest absolute Gasteiger partial charge is 0.359 e. The molecule has 0 spiro atoms. The summed E-state index contributed by atoms with van der Waals surface area (Å²) in [6.45, 7) is 4.16. The third-order valence-corrected chi connectivity index (χ3v) is 4.94. The van der Waals surface area contributed by atoms with Gasteiger partial charge in [-0.05, 0) is 49.2 Å². The van der Waals surface area contributed by atoms with Crippen molar-refractivity contribution in [3.63, 3.8) is 0 Å². The van der Waals surface area contributed by atoms with Crippen LogP contribution in [0.5, 0.6) is 0 Å². The SMILES string of the molecule is CCOC(=O)c1nn(Cc2ccc(C(N)=O)cc2)c(C)c1-c1ccc(C#N)c(Cl)c1. The van der Waals surface area contributed by atoms with E-state index in [0.717, 1.165) is 11.3 Å². The highest BCUT2D eigenvalue weighted by molar-refractivity contribution is 6.32. The van der Waals surface area contributed by atoms with E-state index in [2.05, 4.69) is 5.10 Å². The van der Waals surface area contributed by atoms with Gasteiger partial charge in [-0.25, -0.2) is 4.79 Å². The largest absolute Gasteiger partial charge is 0.461 e. The van der Waals surface area contributed by atoms with E-state index >= 15 is 0 Å². The molecule has 2 N–H and O–H groups in total. The third-order valence-electron chi connectivity index (χ3n) is 4.62. The summed E-state index contributed by atoms with van der Waals surface area (Å²) < 4.78 is 6.86. The number of primary amides is 1. The lowest BCUT2D eigenvalue weighted by Gasteiger charge is -2.07. The minimum Gasteiger partial charge on any atom is -0.461 e. The van der Waals surface area contributed by atoms with Crippen LogP contribution >= 0.6 is 11.6 Å². The Hall–Kier alpha value is -3.63. The van der Waals surface area contributed by atoms with Gasteiger partial charge in [0, 0.05) is 16.8 Å². The second-order valence-corrected chi connectivity index (χ2v) is 6.96. The van der Waals surface area contributed by atoms with Gasteiger partial charge < -0.3 is 10.5 Å².